The predicted molar refractivity (Wildman–Crippen MR) is 64.8 cm³/mol. The summed E-state index contributed by atoms with van der Waals surface area (Å²) in [5.41, 5.74) is 1.46. The van der Waals surface area contributed by atoms with Gasteiger partial charge in [0.25, 0.3) is 0 Å². The van der Waals surface area contributed by atoms with Crippen molar-refractivity contribution >= 4 is 0 Å². The molecule has 0 aliphatic carbocycles. The molecule has 0 amide bonds. The van der Waals surface area contributed by atoms with Gasteiger partial charge < -0.3 is 9.84 Å². The number of phenolic OH excluding ortho intramolecular Hbond substituents is 1. The van der Waals surface area contributed by atoms with Crippen LogP contribution in [0.1, 0.15) is 5.56 Å². The van der Waals surface area contributed by atoms with E-state index in [1.807, 2.05) is 6.07 Å². The van der Waals surface area contributed by atoms with Gasteiger partial charge in [-0.05, 0) is 35.9 Å². The number of rotatable bonds is 2. The minimum absolute atomic E-state index is 0.172. The van der Waals surface area contributed by atoms with E-state index in [0.29, 0.717) is 22.4 Å². The van der Waals surface area contributed by atoms with Crippen molar-refractivity contribution in [1.29, 1.82) is 5.26 Å². The summed E-state index contributed by atoms with van der Waals surface area (Å²) in [6.45, 7) is 0. The molecule has 0 saturated heterocycles. The van der Waals surface area contributed by atoms with E-state index in [0.717, 1.165) is 6.07 Å². The third kappa shape index (κ3) is 2.25. The highest BCUT2D eigenvalue weighted by Gasteiger charge is 2.09. The largest absolute Gasteiger partial charge is 0.508 e. The van der Waals surface area contributed by atoms with Crippen molar-refractivity contribution in [1.82, 2.24) is 0 Å². The summed E-state index contributed by atoms with van der Waals surface area (Å²) in [5.74, 6) is -0.206. The zero-order valence-corrected chi connectivity index (χ0v) is 9.64. The highest BCUT2D eigenvalue weighted by atomic mass is 19.1. The lowest BCUT2D eigenvalue weighted by Gasteiger charge is -2.09. The number of halogens is 1. The average Bonchev–Trinajstić information content (AvgIpc) is 2.36. The first-order valence-corrected chi connectivity index (χ1v) is 5.22. The molecule has 0 saturated carbocycles. The number of nitrogens with zero attached hydrogens (tertiary/aromatic N) is 1. The predicted octanol–water partition coefficient (Wildman–Crippen LogP) is 3.08. The molecular formula is C14H10FNO2. The van der Waals surface area contributed by atoms with Crippen molar-refractivity contribution in [2.24, 2.45) is 0 Å². The zero-order chi connectivity index (χ0) is 13.1. The molecule has 0 aromatic heterocycles. The van der Waals surface area contributed by atoms with Gasteiger partial charge in [0, 0.05) is 11.6 Å². The summed E-state index contributed by atoms with van der Waals surface area (Å²) < 4.78 is 18.4. The average molecular weight is 243 g/mol. The first-order chi connectivity index (χ1) is 8.63. The second-order valence-corrected chi connectivity index (χ2v) is 3.72. The number of aromatic hydroxyl groups is 1. The van der Waals surface area contributed by atoms with Crippen LogP contribution in [-0.2, 0) is 0 Å². The quantitative estimate of drug-likeness (QED) is 0.881. The van der Waals surface area contributed by atoms with E-state index in [1.54, 1.807) is 18.2 Å². The van der Waals surface area contributed by atoms with Gasteiger partial charge >= 0.3 is 0 Å². The molecule has 1 N–H and O–H groups in total. The standard InChI is InChI=1S/C14H10FNO2/c1-18-14-3-2-9(8-16)4-13(14)10-5-11(15)7-12(17)6-10/h2-7,17H,1H3. The summed E-state index contributed by atoms with van der Waals surface area (Å²) in [5, 5.41) is 18.3. The summed E-state index contributed by atoms with van der Waals surface area (Å²) in [6.07, 6.45) is 0. The Labute approximate surface area is 104 Å². The minimum Gasteiger partial charge on any atom is -0.508 e. The number of hydrogen-bond acceptors (Lipinski definition) is 3. The molecule has 0 fully saturated rings. The molecule has 2 aromatic rings. The fourth-order valence-electron chi connectivity index (χ4n) is 1.73. The Morgan fingerprint density at radius 2 is 2.00 bits per heavy atom. The van der Waals surface area contributed by atoms with E-state index in [9.17, 15) is 9.50 Å². The van der Waals surface area contributed by atoms with Gasteiger partial charge in [-0.2, -0.15) is 5.26 Å². The zero-order valence-electron chi connectivity index (χ0n) is 9.64. The van der Waals surface area contributed by atoms with Gasteiger partial charge in [0.05, 0.1) is 18.7 Å². The van der Waals surface area contributed by atoms with Crippen LogP contribution in [0.5, 0.6) is 11.5 Å². The van der Waals surface area contributed by atoms with Gasteiger partial charge in [-0.1, -0.05) is 0 Å². The van der Waals surface area contributed by atoms with E-state index in [2.05, 4.69) is 0 Å². The molecule has 18 heavy (non-hydrogen) atoms. The third-order valence-corrected chi connectivity index (χ3v) is 2.52. The van der Waals surface area contributed by atoms with Crippen LogP contribution in [0.15, 0.2) is 36.4 Å². The Bertz CT molecular complexity index is 612. The van der Waals surface area contributed by atoms with E-state index < -0.39 is 5.82 Å². The Balaban J connectivity index is 2.65. The van der Waals surface area contributed by atoms with Crippen molar-refractivity contribution in [2.75, 3.05) is 7.11 Å². The molecule has 2 rings (SSSR count). The second kappa shape index (κ2) is 4.76. The van der Waals surface area contributed by atoms with Crippen LogP contribution in [0, 0.1) is 17.1 Å². The van der Waals surface area contributed by atoms with E-state index in [4.69, 9.17) is 10.00 Å². The number of methoxy groups -OCH3 is 1. The molecule has 0 aliphatic heterocycles. The van der Waals surface area contributed by atoms with Crippen LogP contribution in [-0.4, -0.2) is 12.2 Å². The molecule has 4 heteroatoms. The maximum Gasteiger partial charge on any atom is 0.127 e. The molecule has 0 atom stereocenters. The van der Waals surface area contributed by atoms with Crippen molar-refractivity contribution in [3.8, 4) is 28.7 Å². The van der Waals surface area contributed by atoms with Crippen molar-refractivity contribution in [3.05, 3.63) is 47.8 Å². The van der Waals surface area contributed by atoms with E-state index in [-0.39, 0.29) is 5.75 Å². The maximum atomic E-state index is 13.3. The second-order valence-electron chi connectivity index (χ2n) is 3.72. The molecular weight excluding hydrogens is 233 g/mol. The molecule has 90 valence electrons. The Kier molecular flexibility index (Phi) is 3.16. The van der Waals surface area contributed by atoms with Crippen molar-refractivity contribution < 1.29 is 14.2 Å². The lowest BCUT2D eigenvalue weighted by molar-refractivity contribution is 0.416. The highest BCUT2D eigenvalue weighted by molar-refractivity contribution is 5.73. The summed E-state index contributed by atoms with van der Waals surface area (Å²) in [7, 11) is 1.49. The van der Waals surface area contributed by atoms with Gasteiger partial charge in [0.15, 0.2) is 0 Å². The van der Waals surface area contributed by atoms with Crippen LogP contribution in [0.2, 0.25) is 0 Å². The Morgan fingerprint density at radius 1 is 1.22 bits per heavy atom. The molecule has 2 aromatic carbocycles. The minimum atomic E-state index is -0.547. The van der Waals surface area contributed by atoms with Gasteiger partial charge in [-0.15, -0.1) is 0 Å². The summed E-state index contributed by atoms with van der Waals surface area (Å²) in [4.78, 5) is 0. The van der Waals surface area contributed by atoms with Gasteiger partial charge in [0.2, 0.25) is 0 Å². The lowest BCUT2D eigenvalue weighted by atomic mass is 10.0. The van der Waals surface area contributed by atoms with Gasteiger partial charge in [0.1, 0.15) is 17.3 Å². The lowest BCUT2D eigenvalue weighted by Crippen LogP contribution is -1.90. The van der Waals surface area contributed by atoms with Gasteiger partial charge in [-0.3, -0.25) is 0 Å². The molecule has 0 spiro atoms. The maximum absolute atomic E-state index is 13.3. The van der Waals surface area contributed by atoms with Crippen LogP contribution < -0.4 is 4.74 Å². The smallest absolute Gasteiger partial charge is 0.127 e. The van der Waals surface area contributed by atoms with Crippen LogP contribution in [0.4, 0.5) is 4.39 Å². The molecule has 0 unspecified atom stereocenters. The number of hydrogen-bond donors (Lipinski definition) is 1. The molecule has 0 bridgehead atoms. The first-order valence-electron chi connectivity index (χ1n) is 5.22. The number of nitriles is 1. The molecule has 3 nitrogen and oxygen atoms in total. The van der Waals surface area contributed by atoms with Gasteiger partial charge in [-0.25, -0.2) is 4.39 Å². The summed E-state index contributed by atoms with van der Waals surface area (Å²) in [6, 6.07) is 10.6. The highest BCUT2D eigenvalue weighted by Crippen LogP contribution is 2.33. The first kappa shape index (κ1) is 11.9. The SMILES string of the molecule is COc1ccc(C#N)cc1-c1cc(O)cc(F)c1. The van der Waals surface area contributed by atoms with Crippen molar-refractivity contribution in [3.63, 3.8) is 0 Å². The topological polar surface area (TPSA) is 53.2 Å². The monoisotopic (exact) mass is 243 g/mol. The normalized spacial score (nSPS) is 9.83. The molecule has 0 aliphatic rings. The number of phenols is 1. The fraction of sp³-hybridized carbons (Fsp3) is 0.0714. The van der Waals surface area contributed by atoms with Crippen LogP contribution in [0.25, 0.3) is 11.1 Å². The summed E-state index contributed by atoms with van der Waals surface area (Å²) >= 11 is 0. The molecule has 0 radical (unpaired) electrons. The van der Waals surface area contributed by atoms with E-state index >= 15 is 0 Å². The third-order valence-electron chi connectivity index (χ3n) is 2.52. The van der Waals surface area contributed by atoms with Crippen molar-refractivity contribution in [2.45, 2.75) is 0 Å². The van der Waals surface area contributed by atoms with Crippen LogP contribution in [0.3, 0.4) is 0 Å². The number of ether oxygens (including phenoxy) is 1. The Morgan fingerprint density at radius 3 is 2.61 bits per heavy atom. The van der Waals surface area contributed by atoms with Crippen LogP contribution >= 0.6 is 0 Å². The fourth-order valence-corrected chi connectivity index (χ4v) is 1.73. The molecule has 0 heterocycles. The number of benzene rings is 2. The van der Waals surface area contributed by atoms with E-state index in [1.165, 1.54) is 19.2 Å². The Hall–Kier alpha value is -2.54.